The second-order valence-electron chi connectivity index (χ2n) is 0. The van der Waals surface area contributed by atoms with Gasteiger partial charge < -0.3 is 0 Å². The first-order valence-corrected chi connectivity index (χ1v) is 0. The molecule has 0 N–H and O–H groups in total. The normalized spacial score (nSPS) is 0. The van der Waals surface area contributed by atoms with Crippen molar-refractivity contribution in [3.8, 4) is 0 Å². The van der Waals surface area contributed by atoms with Crippen LogP contribution < -0.4 is 0 Å². The monoisotopic (exact) mass is 272 g/mol. The van der Waals surface area contributed by atoms with Gasteiger partial charge in [-0.2, -0.15) is 0 Å². The standard InChI is InChI=1S/Ge.Li.P.S.Se.Ti. The molecule has 0 bridgehead atoms. The van der Waals surface area contributed by atoms with Crippen molar-refractivity contribution in [2.24, 2.45) is 0 Å². The van der Waals surface area contributed by atoms with Crippen molar-refractivity contribution in [2.75, 3.05) is 0 Å². The Balaban J connectivity index is 0. The van der Waals surface area contributed by atoms with Gasteiger partial charge in [-0.05, 0) is 0 Å². The van der Waals surface area contributed by atoms with E-state index in [1.807, 2.05) is 0 Å². The molecule has 0 nitrogen and oxygen atoms in total. The average Bonchev–Trinajstić information content (AvgIpc) is 0. The van der Waals surface area contributed by atoms with Crippen LogP contribution in [-0.2, 0) is 21.7 Å². The van der Waals surface area contributed by atoms with Crippen LogP contribution in [0.1, 0.15) is 0 Å². The molecule has 0 saturated heterocycles. The number of hydrogen-bond acceptors (Lipinski definition) is 0. The Kier molecular flexibility index (Phi) is 428. The van der Waals surface area contributed by atoms with Crippen LogP contribution in [-0.4, -0.2) is 53.5 Å². The van der Waals surface area contributed by atoms with Gasteiger partial charge in [0.25, 0.3) is 0 Å². The molecule has 0 fully saturated rings. The van der Waals surface area contributed by atoms with Gasteiger partial charge in [0.2, 0.25) is 0 Å². The molecule has 0 aliphatic rings. The van der Waals surface area contributed by atoms with Crippen LogP contribution in [0.3, 0.4) is 0 Å². The topological polar surface area (TPSA) is 0 Å². The molecule has 0 unspecified atom stereocenters. The van der Waals surface area contributed by atoms with Gasteiger partial charge in [0.05, 0.1) is 0 Å². The van der Waals surface area contributed by atoms with Gasteiger partial charge in [-0.15, -0.1) is 0 Å². The van der Waals surface area contributed by atoms with Crippen molar-refractivity contribution in [1.29, 1.82) is 0 Å². The third-order valence-electron chi connectivity index (χ3n) is 0. The summed E-state index contributed by atoms with van der Waals surface area (Å²) in [4.78, 5) is 0. The third-order valence-corrected chi connectivity index (χ3v) is 0. The van der Waals surface area contributed by atoms with E-state index in [2.05, 4.69) is 0 Å². The van der Waals surface area contributed by atoms with Gasteiger partial charge in [-0.1, -0.05) is 0 Å². The summed E-state index contributed by atoms with van der Waals surface area (Å²) in [6.45, 7) is 0. The molecular weight excluding hydrogens is 269 g/mol. The first kappa shape index (κ1) is 61.2. The van der Waals surface area contributed by atoms with E-state index in [9.17, 15) is 0 Å². The van der Waals surface area contributed by atoms with Crippen LogP contribution in [0.2, 0.25) is 0 Å². The van der Waals surface area contributed by atoms with Crippen molar-refractivity contribution in [2.45, 2.75) is 0 Å². The van der Waals surface area contributed by atoms with Crippen molar-refractivity contribution in [3.05, 3.63) is 0 Å². The van der Waals surface area contributed by atoms with E-state index in [1.54, 1.807) is 0 Å². The molecular formula is GeLiPSSeTi. The Morgan fingerprint density at radius 2 is 1.00 bits per heavy atom. The molecule has 6 heavy (non-hydrogen) atoms. The predicted molar refractivity (Wildman–Crippen MR) is 31.8 cm³/mol. The van der Waals surface area contributed by atoms with Crippen LogP contribution in [0.5, 0.6) is 0 Å². The van der Waals surface area contributed by atoms with Gasteiger partial charge in [0.15, 0.2) is 0 Å². The molecule has 0 spiro atoms. The smallest absolute Gasteiger partial charge is 0 e. The molecule has 0 aromatic heterocycles. The molecule has 12 radical (unpaired) electrons. The van der Waals surface area contributed by atoms with Crippen molar-refractivity contribution >= 4 is 76.9 Å². The minimum absolute atomic E-state index is 0. The molecule has 0 amide bonds. The molecule has 0 heterocycles. The minimum Gasteiger partial charge on any atom is 0 e. The van der Waals surface area contributed by atoms with Gasteiger partial charge >= 0.3 is 0 Å². The van der Waals surface area contributed by atoms with Crippen molar-refractivity contribution < 1.29 is 21.7 Å². The average molecular weight is 269 g/mol. The molecule has 0 atom stereocenters. The summed E-state index contributed by atoms with van der Waals surface area (Å²) >= 11 is 0. The summed E-state index contributed by atoms with van der Waals surface area (Å²) in [5, 5.41) is 0. The van der Waals surface area contributed by atoms with Crippen molar-refractivity contribution in [3.63, 3.8) is 0 Å². The Hall–Kier alpha value is 3.15. The fraction of sp³-hybridized carbons (Fsp3) is 0. The number of rotatable bonds is 0. The molecule has 0 saturated carbocycles. The van der Waals surface area contributed by atoms with Crippen LogP contribution in [0.4, 0.5) is 0 Å². The predicted octanol–water partition coefficient (Wildman–Crippen LogP) is 0.364. The molecule has 0 aromatic rings. The summed E-state index contributed by atoms with van der Waals surface area (Å²) in [5.41, 5.74) is 0. The van der Waals surface area contributed by atoms with Crippen LogP contribution in [0.25, 0.3) is 0 Å². The Labute approximate surface area is 97.3 Å². The van der Waals surface area contributed by atoms with E-state index in [0.717, 1.165) is 0 Å². The Morgan fingerprint density at radius 1 is 1.00 bits per heavy atom. The maximum Gasteiger partial charge on any atom is 0 e. The Morgan fingerprint density at radius 3 is 1.00 bits per heavy atom. The fourth-order valence-corrected chi connectivity index (χ4v) is 0. The molecule has 0 rings (SSSR count). The summed E-state index contributed by atoms with van der Waals surface area (Å²) in [6, 6.07) is 0. The summed E-state index contributed by atoms with van der Waals surface area (Å²) in [7, 11) is 0. The van der Waals surface area contributed by atoms with Gasteiger partial charge in [-0.3, -0.25) is 0 Å². The molecule has 0 aromatic carbocycles. The zero-order chi connectivity index (χ0) is 0. The van der Waals surface area contributed by atoms with Gasteiger partial charge in [-0.25, -0.2) is 0 Å². The largest absolute Gasteiger partial charge is 0 e. The van der Waals surface area contributed by atoms with E-state index in [0.29, 0.717) is 0 Å². The second-order valence-corrected chi connectivity index (χ2v) is 0. The first-order chi connectivity index (χ1) is 0. The zero-order valence-corrected chi connectivity index (χ0v) is 10.3. The summed E-state index contributed by atoms with van der Waals surface area (Å²) in [6.07, 6.45) is 0. The quantitative estimate of drug-likeness (QED) is 0.440. The van der Waals surface area contributed by atoms with Crippen LogP contribution in [0.15, 0.2) is 0 Å². The summed E-state index contributed by atoms with van der Waals surface area (Å²) < 4.78 is 0. The molecule has 6 heteroatoms. The SMILES string of the molecule is [Ge].[Li].[P].[S].[Se].[Ti]. The second kappa shape index (κ2) is 42.0. The van der Waals surface area contributed by atoms with Crippen molar-refractivity contribution in [1.82, 2.24) is 0 Å². The minimum atomic E-state index is 0. The van der Waals surface area contributed by atoms with E-state index >= 15 is 0 Å². The maximum atomic E-state index is 0. The number of hydrogen-bond donors (Lipinski definition) is 0. The Bertz CT molecular complexity index is 15.5. The van der Waals surface area contributed by atoms with E-state index in [4.69, 9.17) is 0 Å². The van der Waals surface area contributed by atoms with Crippen LogP contribution in [0, 0.1) is 0 Å². The fourth-order valence-electron chi connectivity index (χ4n) is 0. The van der Waals surface area contributed by atoms with Crippen LogP contribution >= 0.6 is 23.4 Å². The maximum absolute atomic E-state index is 0. The summed E-state index contributed by atoms with van der Waals surface area (Å²) in [5.74, 6) is 0. The van der Waals surface area contributed by atoms with Gasteiger partial charge in [0, 0.05) is 98.6 Å². The zero-order valence-electron chi connectivity index (χ0n) is 3.26. The van der Waals surface area contributed by atoms with E-state index in [1.165, 1.54) is 0 Å². The molecule has 0 aliphatic carbocycles. The molecule has 26 valence electrons. The first-order valence-electron chi connectivity index (χ1n) is 0. The molecule has 0 aliphatic heterocycles. The van der Waals surface area contributed by atoms with E-state index in [-0.39, 0.29) is 98.6 Å². The third kappa shape index (κ3) is 27.2. The van der Waals surface area contributed by atoms with E-state index < -0.39 is 0 Å². The van der Waals surface area contributed by atoms with Gasteiger partial charge in [0.1, 0.15) is 0 Å².